The molecule has 19 heavy (non-hydrogen) atoms. The topological polar surface area (TPSA) is 43.3 Å². The van der Waals surface area contributed by atoms with Crippen LogP contribution in [0.5, 0.6) is 0 Å². The van der Waals surface area contributed by atoms with Crippen LogP contribution in [-0.2, 0) is 4.74 Å². The molecule has 0 aliphatic heterocycles. The number of halogens is 2. The van der Waals surface area contributed by atoms with Gasteiger partial charge in [0.15, 0.2) is 0 Å². The maximum atomic E-state index is 11.8. The predicted octanol–water partition coefficient (Wildman–Crippen LogP) is 4.54. The number of hydrogen-bond donors (Lipinski definition) is 1. The van der Waals surface area contributed by atoms with Crippen LogP contribution in [0, 0.1) is 0 Å². The van der Waals surface area contributed by atoms with Crippen molar-refractivity contribution in [3.63, 3.8) is 0 Å². The van der Waals surface area contributed by atoms with Crippen molar-refractivity contribution in [3.8, 4) is 0 Å². The van der Waals surface area contributed by atoms with E-state index in [-0.39, 0.29) is 0 Å². The maximum absolute atomic E-state index is 11.8. The number of fused-ring (bicyclic) bond motifs is 1. The summed E-state index contributed by atoms with van der Waals surface area (Å²) in [6.45, 7) is 5.43. The number of ether oxygens (including phenoxy) is 1. The van der Waals surface area contributed by atoms with Crippen LogP contribution in [0.25, 0.3) is 10.9 Å². The summed E-state index contributed by atoms with van der Waals surface area (Å²) in [7, 11) is 0. The van der Waals surface area contributed by atoms with E-state index >= 15 is 0 Å². The van der Waals surface area contributed by atoms with Gasteiger partial charge in [0, 0.05) is 16.1 Å². The lowest BCUT2D eigenvalue weighted by Gasteiger charge is -2.20. The number of benzene rings is 1. The molecule has 0 fully saturated rings. The molecule has 0 aliphatic carbocycles. The van der Waals surface area contributed by atoms with Crippen molar-refractivity contribution < 1.29 is 9.53 Å². The number of carbonyl (C=O) groups excluding carboxylic acids is 1. The van der Waals surface area contributed by atoms with Crippen LogP contribution in [0.15, 0.2) is 28.9 Å². The first kappa shape index (κ1) is 14.2. The Balaban J connectivity index is 2.32. The highest BCUT2D eigenvalue weighted by Crippen LogP contribution is 2.31. The summed E-state index contributed by atoms with van der Waals surface area (Å²) in [4.78, 5) is 11.8. The molecule has 1 N–H and O–H groups in total. The van der Waals surface area contributed by atoms with Crippen molar-refractivity contribution in [3.05, 3.63) is 33.9 Å². The minimum Gasteiger partial charge on any atom is -0.443 e. The van der Waals surface area contributed by atoms with Gasteiger partial charge in [-0.25, -0.2) is 10.2 Å². The van der Waals surface area contributed by atoms with E-state index < -0.39 is 11.7 Å². The molecule has 0 atom stereocenters. The Morgan fingerprint density at radius 1 is 1.42 bits per heavy atom. The quantitative estimate of drug-likeness (QED) is 0.825. The second-order valence-corrected chi connectivity index (χ2v) is 6.36. The van der Waals surface area contributed by atoms with E-state index in [1.807, 2.05) is 39.0 Å². The maximum Gasteiger partial charge on any atom is 0.426 e. The number of rotatable bonds is 1. The number of aromatic nitrogens is 1. The highest BCUT2D eigenvalue weighted by atomic mass is 79.9. The molecule has 0 bridgehead atoms. The lowest BCUT2D eigenvalue weighted by Crippen LogP contribution is -2.31. The lowest BCUT2D eigenvalue weighted by molar-refractivity contribution is 0.0614. The van der Waals surface area contributed by atoms with Crippen LogP contribution >= 0.6 is 27.5 Å². The lowest BCUT2D eigenvalue weighted by atomic mass is 10.2. The summed E-state index contributed by atoms with van der Waals surface area (Å²) in [5.41, 5.74) is 2.89. The molecule has 2 rings (SSSR count). The first-order valence-electron chi connectivity index (χ1n) is 5.73. The van der Waals surface area contributed by atoms with Gasteiger partial charge < -0.3 is 4.74 Å². The summed E-state index contributed by atoms with van der Waals surface area (Å²) in [5.74, 6) is 0. The largest absolute Gasteiger partial charge is 0.443 e. The van der Waals surface area contributed by atoms with Gasteiger partial charge in [0.1, 0.15) is 5.60 Å². The molecule has 1 heterocycles. The Kier molecular flexibility index (Phi) is 3.78. The van der Waals surface area contributed by atoms with Crippen molar-refractivity contribution in [2.24, 2.45) is 0 Å². The zero-order valence-corrected chi connectivity index (χ0v) is 13.2. The molecular formula is C13H14BrClN2O2. The van der Waals surface area contributed by atoms with Crippen LogP contribution in [0.3, 0.4) is 0 Å². The molecule has 1 aromatic carbocycles. The number of carbonyl (C=O) groups is 1. The molecule has 4 nitrogen and oxygen atoms in total. The third kappa shape index (κ3) is 3.22. The van der Waals surface area contributed by atoms with E-state index in [4.69, 9.17) is 16.3 Å². The number of amides is 1. The highest BCUT2D eigenvalue weighted by molar-refractivity contribution is 9.10. The summed E-state index contributed by atoms with van der Waals surface area (Å²) in [5, 5.41) is 1.40. The third-order valence-corrected chi connectivity index (χ3v) is 3.29. The van der Waals surface area contributed by atoms with Crippen molar-refractivity contribution in [2.75, 3.05) is 5.43 Å². The van der Waals surface area contributed by atoms with E-state index in [0.29, 0.717) is 5.02 Å². The molecule has 0 aliphatic rings. The molecule has 6 heteroatoms. The van der Waals surface area contributed by atoms with E-state index in [1.54, 1.807) is 10.9 Å². The fourth-order valence-electron chi connectivity index (χ4n) is 1.69. The first-order chi connectivity index (χ1) is 8.78. The van der Waals surface area contributed by atoms with Gasteiger partial charge in [-0.2, -0.15) is 0 Å². The molecule has 2 aromatic rings. The third-order valence-electron chi connectivity index (χ3n) is 2.34. The van der Waals surface area contributed by atoms with Crippen LogP contribution in [0.4, 0.5) is 4.79 Å². The molecule has 1 aromatic heterocycles. The predicted molar refractivity (Wildman–Crippen MR) is 80.2 cm³/mol. The number of hydrogen-bond acceptors (Lipinski definition) is 2. The SMILES string of the molecule is CC(C)(C)OC(=O)Nn1cc(Cl)c2c(Br)cccc21. The van der Waals surface area contributed by atoms with Crippen LogP contribution in [-0.4, -0.2) is 16.4 Å². The Morgan fingerprint density at radius 2 is 2.11 bits per heavy atom. The van der Waals surface area contributed by atoms with Crippen LogP contribution in [0.2, 0.25) is 5.02 Å². The van der Waals surface area contributed by atoms with Crippen molar-refractivity contribution in [2.45, 2.75) is 26.4 Å². The van der Waals surface area contributed by atoms with E-state index in [2.05, 4.69) is 21.4 Å². The Bertz CT molecular complexity index is 631. The standard InChI is InChI=1S/C13H14BrClN2O2/c1-13(2,3)19-12(18)16-17-7-9(15)11-8(14)5-4-6-10(11)17/h4-7H,1-3H3,(H,16,18). The van der Waals surface area contributed by atoms with Crippen molar-refractivity contribution in [1.82, 2.24) is 4.68 Å². The molecule has 0 unspecified atom stereocenters. The summed E-state index contributed by atoms with van der Waals surface area (Å²) < 4.78 is 7.63. The van der Waals surface area contributed by atoms with Gasteiger partial charge in [0.2, 0.25) is 0 Å². The second kappa shape index (κ2) is 5.06. The van der Waals surface area contributed by atoms with Gasteiger partial charge >= 0.3 is 6.09 Å². The Hall–Kier alpha value is -1.20. The van der Waals surface area contributed by atoms with Crippen molar-refractivity contribution >= 4 is 44.5 Å². The van der Waals surface area contributed by atoms with Gasteiger partial charge in [-0.05, 0) is 32.9 Å². The van der Waals surface area contributed by atoms with E-state index in [9.17, 15) is 4.79 Å². The van der Waals surface area contributed by atoms with Gasteiger partial charge in [-0.3, -0.25) is 4.68 Å². The zero-order valence-electron chi connectivity index (χ0n) is 10.8. The Morgan fingerprint density at radius 3 is 2.74 bits per heavy atom. The van der Waals surface area contributed by atoms with E-state index in [1.165, 1.54) is 0 Å². The van der Waals surface area contributed by atoms with Crippen molar-refractivity contribution in [1.29, 1.82) is 0 Å². The molecule has 0 radical (unpaired) electrons. The summed E-state index contributed by atoms with van der Waals surface area (Å²) in [6, 6.07) is 5.63. The van der Waals surface area contributed by atoms with Gasteiger partial charge in [0.05, 0.1) is 10.5 Å². The normalized spacial score (nSPS) is 11.6. The van der Waals surface area contributed by atoms with Gasteiger partial charge in [0.25, 0.3) is 0 Å². The smallest absolute Gasteiger partial charge is 0.426 e. The molecule has 0 saturated carbocycles. The van der Waals surface area contributed by atoms with Gasteiger partial charge in [-0.15, -0.1) is 0 Å². The highest BCUT2D eigenvalue weighted by Gasteiger charge is 2.17. The van der Waals surface area contributed by atoms with Crippen LogP contribution in [0.1, 0.15) is 20.8 Å². The average Bonchev–Trinajstić information content (AvgIpc) is 2.54. The zero-order chi connectivity index (χ0) is 14.2. The average molecular weight is 346 g/mol. The Labute approximate surface area is 124 Å². The molecular weight excluding hydrogens is 332 g/mol. The minimum atomic E-state index is -0.544. The second-order valence-electron chi connectivity index (χ2n) is 5.09. The number of nitrogens with one attached hydrogen (secondary N) is 1. The van der Waals surface area contributed by atoms with E-state index in [0.717, 1.165) is 15.4 Å². The molecule has 102 valence electrons. The van der Waals surface area contributed by atoms with Gasteiger partial charge in [-0.1, -0.05) is 33.6 Å². The summed E-state index contributed by atoms with van der Waals surface area (Å²) in [6.07, 6.45) is 1.11. The first-order valence-corrected chi connectivity index (χ1v) is 6.90. The number of nitrogens with zero attached hydrogens (tertiary/aromatic N) is 1. The monoisotopic (exact) mass is 344 g/mol. The fraction of sp³-hybridized carbons (Fsp3) is 0.308. The minimum absolute atomic E-state index is 0.527. The molecule has 1 amide bonds. The summed E-state index contributed by atoms with van der Waals surface area (Å²) >= 11 is 9.59. The molecule has 0 spiro atoms. The fourth-order valence-corrected chi connectivity index (χ4v) is 2.67. The molecule has 0 saturated heterocycles. The van der Waals surface area contributed by atoms with Crippen LogP contribution < -0.4 is 5.43 Å².